The molecule has 1 unspecified atom stereocenters. The molecule has 178 valence electrons. The molecule has 1 aliphatic rings. The molecule has 8 heteroatoms. The quantitative estimate of drug-likeness (QED) is 0.402. The van der Waals surface area contributed by atoms with E-state index in [1.54, 1.807) is 6.20 Å². The van der Waals surface area contributed by atoms with Crippen LogP contribution in [0.2, 0.25) is 0 Å². The van der Waals surface area contributed by atoms with Gasteiger partial charge in [0.15, 0.2) is 11.6 Å². The van der Waals surface area contributed by atoms with Crippen molar-refractivity contribution in [1.82, 2.24) is 20.2 Å². The van der Waals surface area contributed by atoms with E-state index in [-0.39, 0.29) is 18.4 Å². The summed E-state index contributed by atoms with van der Waals surface area (Å²) in [5.74, 6) is -3.30. The minimum Gasteiger partial charge on any atom is -0.351 e. The number of pyridine rings is 1. The number of amides is 2. The summed E-state index contributed by atoms with van der Waals surface area (Å²) >= 11 is 0. The van der Waals surface area contributed by atoms with Crippen LogP contribution in [0, 0.1) is 17.6 Å². The Hall–Kier alpha value is -4.07. The van der Waals surface area contributed by atoms with E-state index >= 15 is 0 Å². The van der Waals surface area contributed by atoms with Crippen LogP contribution in [0.5, 0.6) is 0 Å². The molecule has 35 heavy (non-hydrogen) atoms. The van der Waals surface area contributed by atoms with Crippen molar-refractivity contribution in [3.05, 3.63) is 89.8 Å². The maximum atomic E-state index is 13.5. The first-order valence-corrected chi connectivity index (χ1v) is 11.5. The van der Waals surface area contributed by atoms with Gasteiger partial charge in [-0.2, -0.15) is 0 Å². The van der Waals surface area contributed by atoms with E-state index in [1.165, 1.54) is 11.0 Å². The lowest BCUT2D eigenvalue weighted by Crippen LogP contribution is -2.47. The number of hydrogen-bond donors (Lipinski definition) is 2. The van der Waals surface area contributed by atoms with E-state index in [4.69, 9.17) is 0 Å². The average Bonchev–Trinajstić information content (AvgIpc) is 3.30. The molecule has 1 saturated heterocycles. The Morgan fingerprint density at radius 3 is 2.83 bits per heavy atom. The highest BCUT2D eigenvalue weighted by atomic mass is 19.2. The lowest BCUT2D eigenvalue weighted by Gasteiger charge is -2.31. The van der Waals surface area contributed by atoms with Gasteiger partial charge in [0.05, 0.1) is 0 Å². The number of halogens is 2. The van der Waals surface area contributed by atoms with E-state index in [9.17, 15) is 18.4 Å². The minimum absolute atomic E-state index is 0.140. The topological polar surface area (TPSA) is 78.1 Å². The van der Waals surface area contributed by atoms with Gasteiger partial charge in [0.1, 0.15) is 11.6 Å². The number of carbonyl (C=O) groups excluding carboxylic acids is 2. The number of aromatic amines is 1. The molecule has 4 aromatic rings. The van der Waals surface area contributed by atoms with Gasteiger partial charge in [0.25, 0.3) is 0 Å². The van der Waals surface area contributed by atoms with Crippen LogP contribution in [-0.2, 0) is 22.7 Å². The van der Waals surface area contributed by atoms with E-state index < -0.39 is 17.6 Å². The maximum Gasteiger partial charge on any atom is 0.235 e. The highest BCUT2D eigenvalue weighted by Gasteiger charge is 2.34. The zero-order chi connectivity index (χ0) is 24.4. The molecule has 3 heterocycles. The van der Waals surface area contributed by atoms with E-state index in [1.807, 2.05) is 42.6 Å². The Morgan fingerprint density at radius 2 is 1.97 bits per heavy atom. The first-order valence-electron chi connectivity index (χ1n) is 11.5. The summed E-state index contributed by atoms with van der Waals surface area (Å²) in [5.41, 5.74) is 4.24. The lowest BCUT2D eigenvalue weighted by molar-refractivity contribution is -0.145. The van der Waals surface area contributed by atoms with Crippen LogP contribution in [-0.4, -0.2) is 33.2 Å². The van der Waals surface area contributed by atoms with Gasteiger partial charge in [-0.3, -0.25) is 9.59 Å². The molecule has 2 N–H and O–H groups in total. The summed E-state index contributed by atoms with van der Waals surface area (Å²) in [6, 6.07) is 15.3. The summed E-state index contributed by atoms with van der Waals surface area (Å²) in [5, 5.41) is 3.91. The molecule has 0 spiro atoms. The second kappa shape index (κ2) is 9.66. The second-order valence-corrected chi connectivity index (χ2v) is 8.72. The third kappa shape index (κ3) is 4.77. The van der Waals surface area contributed by atoms with Crippen molar-refractivity contribution in [3.63, 3.8) is 0 Å². The Morgan fingerprint density at radius 1 is 1.09 bits per heavy atom. The second-order valence-electron chi connectivity index (χ2n) is 8.72. The van der Waals surface area contributed by atoms with Crippen molar-refractivity contribution in [2.75, 3.05) is 6.54 Å². The molecule has 5 rings (SSSR count). The SMILES string of the molecule is O=C(NCc1cccc(-c2c[nH]c3ncccc23)c1)C1CCCN(Cc2ccc(F)c(F)c2)C1=O. The lowest BCUT2D eigenvalue weighted by atomic mass is 9.95. The van der Waals surface area contributed by atoms with Crippen molar-refractivity contribution in [1.29, 1.82) is 0 Å². The first-order chi connectivity index (χ1) is 17.0. The van der Waals surface area contributed by atoms with Crippen molar-refractivity contribution in [2.45, 2.75) is 25.9 Å². The molecular weight excluding hydrogens is 450 g/mol. The molecule has 2 aromatic heterocycles. The number of rotatable bonds is 6. The fourth-order valence-electron chi connectivity index (χ4n) is 4.55. The Kier molecular flexibility index (Phi) is 6.27. The molecule has 6 nitrogen and oxygen atoms in total. The van der Waals surface area contributed by atoms with Crippen LogP contribution in [0.25, 0.3) is 22.2 Å². The summed E-state index contributed by atoms with van der Waals surface area (Å²) in [7, 11) is 0. The third-order valence-corrected chi connectivity index (χ3v) is 6.36. The third-order valence-electron chi connectivity index (χ3n) is 6.36. The predicted octanol–water partition coefficient (Wildman–Crippen LogP) is 4.56. The van der Waals surface area contributed by atoms with Crippen molar-refractivity contribution in [3.8, 4) is 11.1 Å². The maximum absolute atomic E-state index is 13.5. The van der Waals surface area contributed by atoms with Crippen LogP contribution < -0.4 is 5.32 Å². The van der Waals surface area contributed by atoms with Crippen LogP contribution in [0.1, 0.15) is 24.0 Å². The van der Waals surface area contributed by atoms with E-state index in [2.05, 4.69) is 15.3 Å². The van der Waals surface area contributed by atoms with Crippen molar-refractivity contribution < 1.29 is 18.4 Å². The molecule has 2 aromatic carbocycles. The molecule has 0 bridgehead atoms. The monoisotopic (exact) mass is 474 g/mol. The Labute approximate surface area is 201 Å². The summed E-state index contributed by atoms with van der Waals surface area (Å²) < 4.78 is 26.8. The molecule has 1 atom stereocenters. The van der Waals surface area contributed by atoms with Gasteiger partial charge >= 0.3 is 0 Å². The van der Waals surface area contributed by atoms with Gasteiger partial charge in [-0.05, 0) is 59.9 Å². The van der Waals surface area contributed by atoms with Crippen LogP contribution >= 0.6 is 0 Å². The molecule has 2 amide bonds. The number of hydrogen-bond acceptors (Lipinski definition) is 3. The molecule has 1 aliphatic heterocycles. The highest BCUT2D eigenvalue weighted by molar-refractivity contribution is 6.00. The number of piperidine rings is 1. The molecule has 1 fully saturated rings. The van der Waals surface area contributed by atoms with Crippen molar-refractivity contribution in [2.24, 2.45) is 5.92 Å². The average molecular weight is 475 g/mol. The zero-order valence-corrected chi connectivity index (χ0v) is 18.9. The zero-order valence-electron chi connectivity index (χ0n) is 18.9. The smallest absolute Gasteiger partial charge is 0.235 e. The molecule has 0 radical (unpaired) electrons. The number of fused-ring (bicyclic) bond motifs is 1. The number of likely N-dealkylation sites (tertiary alicyclic amines) is 1. The summed E-state index contributed by atoms with van der Waals surface area (Å²) in [4.78, 5) is 34.9. The highest BCUT2D eigenvalue weighted by Crippen LogP contribution is 2.28. The van der Waals surface area contributed by atoms with Gasteiger partial charge in [0, 0.05) is 43.0 Å². The Bertz CT molecular complexity index is 1400. The summed E-state index contributed by atoms with van der Waals surface area (Å²) in [6.45, 7) is 0.907. The summed E-state index contributed by atoms with van der Waals surface area (Å²) in [6.07, 6.45) is 4.77. The number of H-pyrrole nitrogens is 1. The molecular formula is C27H24F2N4O2. The predicted molar refractivity (Wildman–Crippen MR) is 128 cm³/mol. The fourth-order valence-corrected chi connectivity index (χ4v) is 4.55. The van der Waals surface area contributed by atoms with Crippen LogP contribution in [0.15, 0.2) is 67.0 Å². The van der Waals surface area contributed by atoms with Gasteiger partial charge in [0.2, 0.25) is 11.8 Å². The Balaban J connectivity index is 1.24. The number of benzene rings is 2. The number of aromatic nitrogens is 2. The number of nitrogens with zero attached hydrogens (tertiary/aromatic N) is 2. The van der Waals surface area contributed by atoms with Crippen LogP contribution in [0.3, 0.4) is 0 Å². The van der Waals surface area contributed by atoms with Crippen molar-refractivity contribution >= 4 is 22.8 Å². The van der Waals surface area contributed by atoms with Gasteiger partial charge < -0.3 is 15.2 Å². The first kappa shape index (κ1) is 22.7. The van der Waals surface area contributed by atoms with Gasteiger partial charge in [-0.15, -0.1) is 0 Å². The van der Waals surface area contributed by atoms with E-state index in [0.29, 0.717) is 31.5 Å². The number of carbonyl (C=O) groups is 2. The van der Waals surface area contributed by atoms with Gasteiger partial charge in [-0.1, -0.05) is 24.3 Å². The molecule has 0 aliphatic carbocycles. The van der Waals surface area contributed by atoms with Crippen LogP contribution in [0.4, 0.5) is 8.78 Å². The van der Waals surface area contributed by atoms with Gasteiger partial charge in [-0.25, -0.2) is 13.8 Å². The molecule has 0 saturated carbocycles. The fraction of sp³-hybridized carbons (Fsp3) is 0.222. The minimum atomic E-state index is -0.951. The largest absolute Gasteiger partial charge is 0.351 e. The standard InChI is InChI=1S/C27H24F2N4O2/c28-23-9-8-18(13-24(23)29)16-33-11-3-7-21(27(33)35)26(34)32-14-17-4-1-5-19(12-17)22-15-31-25-20(22)6-2-10-30-25/h1-2,4-6,8-10,12-13,15,21H,3,7,11,14,16H2,(H,30,31)(H,32,34). The normalized spacial score (nSPS) is 16.0. The van der Waals surface area contributed by atoms with E-state index in [0.717, 1.165) is 39.9 Å². The number of nitrogens with one attached hydrogen (secondary N) is 2.